The van der Waals surface area contributed by atoms with Crippen molar-refractivity contribution in [3.05, 3.63) is 28.8 Å². The summed E-state index contributed by atoms with van der Waals surface area (Å²) in [4.78, 5) is 10.7. The molecule has 0 aliphatic heterocycles. The number of ether oxygens (including phenoxy) is 1. The van der Waals surface area contributed by atoms with Crippen LogP contribution in [0.2, 0.25) is 0 Å². The Bertz CT molecular complexity index is 446. The molecule has 0 atom stereocenters. The molecule has 0 spiro atoms. The van der Waals surface area contributed by atoms with Crippen molar-refractivity contribution in [2.24, 2.45) is 0 Å². The zero-order chi connectivity index (χ0) is 12.1. The summed E-state index contributed by atoms with van der Waals surface area (Å²) in [7, 11) is 1.49. The van der Waals surface area contributed by atoms with Crippen LogP contribution in [0.5, 0.6) is 5.75 Å². The van der Waals surface area contributed by atoms with Crippen molar-refractivity contribution in [1.82, 2.24) is 0 Å². The Hall–Kier alpha value is -2.02. The largest absolute Gasteiger partial charge is 0.496 e. The van der Waals surface area contributed by atoms with Crippen LogP contribution in [0.15, 0.2) is 12.1 Å². The van der Waals surface area contributed by atoms with Crippen molar-refractivity contribution in [2.75, 3.05) is 7.11 Å². The predicted octanol–water partition coefficient (Wildman–Crippen LogP) is 1.76. The molecule has 0 aromatic heterocycles. The number of benzene rings is 1. The van der Waals surface area contributed by atoms with Crippen molar-refractivity contribution >= 4 is 5.97 Å². The SMILES string of the molecule is CCc1c(C#N)ccc(CC(=O)O)c1OC. The minimum absolute atomic E-state index is 0.0954. The first-order valence-electron chi connectivity index (χ1n) is 4.94. The highest BCUT2D eigenvalue weighted by molar-refractivity contribution is 5.72. The van der Waals surface area contributed by atoms with Crippen LogP contribution in [0.25, 0.3) is 0 Å². The zero-order valence-electron chi connectivity index (χ0n) is 9.28. The summed E-state index contributed by atoms with van der Waals surface area (Å²) >= 11 is 0. The van der Waals surface area contributed by atoms with Crippen LogP contribution in [0.1, 0.15) is 23.6 Å². The van der Waals surface area contributed by atoms with E-state index in [2.05, 4.69) is 6.07 Å². The minimum atomic E-state index is -0.912. The number of nitrogens with zero attached hydrogens (tertiary/aromatic N) is 1. The number of carboxylic acid groups (broad SMARTS) is 1. The van der Waals surface area contributed by atoms with Gasteiger partial charge in [-0.3, -0.25) is 4.79 Å². The molecule has 0 saturated carbocycles. The summed E-state index contributed by atoms with van der Waals surface area (Å²) in [6, 6.07) is 5.34. The van der Waals surface area contributed by atoms with Crippen LogP contribution >= 0.6 is 0 Å². The van der Waals surface area contributed by atoms with E-state index in [1.807, 2.05) is 6.92 Å². The molecule has 0 unspecified atom stereocenters. The van der Waals surface area contributed by atoms with E-state index >= 15 is 0 Å². The third-order valence-electron chi connectivity index (χ3n) is 2.36. The lowest BCUT2D eigenvalue weighted by molar-refractivity contribution is -0.136. The third-order valence-corrected chi connectivity index (χ3v) is 2.36. The molecule has 1 aromatic rings. The Morgan fingerprint density at radius 1 is 1.56 bits per heavy atom. The number of carboxylic acids is 1. The second-order valence-corrected chi connectivity index (χ2v) is 3.32. The van der Waals surface area contributed by atoms with Gasteiger partial charge in [0, 0.05) is 11.1 Å². The maximum absolute atomic E-state index is 10.7. The molecule has 0 bridgehead atoms. The van der Waals surface area contributed by atoms with E-state index in [1.165, 1.54) is 7.11 Å². The van der Waals surface area contributed by atoms with E-state index in [1.54, 1.807) is 12.1 Å². The van der Waals surface area contributed by atoms with E-state index in [-0.39, 0.29) is 6.42 Å². The topological polar surface area (TPSA) is 70.3 Å². The first kappa shape index (κ1) is 12.1. The predicted molar refractivity (Wildman–Crippen MR) is 58.4 cm³/mol. The normalized spacial score (nSPS) is 9.56. The van der Waals surface area contributed by atoms with Gasteiger partial charge < -0.3 is 9.84 Å². The molecule has 1 N–H and O–H groups in total. The number of carbonyl (C=O) groups is 1. The van der Waals surface area contributed by atoms with Gasteiger partial charge in [-0.05, 0) is 12.5 Å². The summed E-state index contributed by atoms with van der Waals surface area (Å²) in [5, 5.41) is 17.7. The number of hydrogen-bond acceptors (Lipinski definition) is 3. The van der Waals surface area contributed by atoms with Crippen LogP contribution in [-0.4, -0.2) is 18.2 Å². The average molecular weight is 219 g/mol. The fourth-order valence-corrected chi connectivity index (χ4v) is 1.69. The first-order chi connectivity index (χ1) is 7.63. The molecule has 0 aliphatic carbocycles. The smallest absolute Gasteiger partial charge is 0.307 e. The van der Waals surface area contributed by atoms with Gasteiger partial charge in [-0.25, -0.2) is 0 Å². The molecule has 0 heterocycles. The summed E-state index contributed by atoms with van der Waals surface area (Å²) in [5.74, 6) is -0.394. The molecule has 1 rings (SSSR count). The summed E-state index contributed by atoms with van der Waals surface area (Å²) in [6.07, 6.45) is 0.543. The maximum atomic E-state index is 10.7. The van der Waals surface area contributed by atoms with Crippen molar-refractivity contribution in [2.45, 2.75) is 19.8 Å². The van der Waals surface area contributed by atoms with Crippen LogP contribution in [0, 0.1) is 11.3 Å². The second-order valence-electron chi connectivity index (χ2n) is 3.32. The van der Waals surface area contributed by atoms with Crippen LogP contribution in [0.4, 0.5) is 0 Å². The minimum Gasteiger partial charge on any atom is -0.496 e. The van der Waals surface area contributed by atoms with Gasteiger partial charge in [-0.1, -0.05) is 13.0 Å². The van der Waals surface area contributed by atoms with Crippen LogP contribution < -0.4 is 4.74 Å². The molecule has 0 aliphatic rings. The first-order valence-corrected chi connectivity index (χ1v) is 4.94. The molecular formula is C12H13NO3. The standard InChI is InChI=1S/C12H13NO3/c1-3-10-9(7-13)5-4-8(6-11(14)15)12(10)16-2/h4-5H,3,6H2,1-2H3,(H,14,15). The highest BCUT2D eigenvalue weighted by atomic mass is 16.5. The molecule has 0 saturated heterocycles. The van der Waals surface area contributed by atoms with E-state index in [9.17, 15) is 4.79 Å². The molecule has 4 nitrogen and oxygen atoms in total. The number of methoxy groups -OCH3 is 1. The van der Waals surface area contributed by atoms with Crippen molar-refractivity contribution in [1.29, 1.82) is 5.26 Å². The van der Waals surface area contributed by atoms with E-state index in [0.717, 1.165) is 5.56 Å². The van der Waals surface area contributed by atoms with E-state index in [4.69, 9.17) is 15.1 Å². The number of rotatable bonds is 4. The van der Waals surface area contributed by atoms with Gasteiger partial charge >= 0.3 is 5.97 Å². The molecule has 0 radical (unpaired) electrons. The lowest BCUT2D eigenvalue weighted by atomic mass is 9.99. The van der Waals surface area contributed by atoms with Gasteiger partial charge in [0.25, 0.3) is 0 Å². The van der Waals surface area contributed by atoms with Crippen LogP contribution in [-0.2, 0) is 17.6 Å². The maximum Gasteiger partial charge on any atom is 0.307 e. The molecule has 1 aromatic carbocycles. The fraction of sp³-hybridized carbons (Fsp3) is 0.333. The molecular weight excluding hydrogens is 206 g/mol. The highest BCUT2D eigenvalue weighted by Crippen LogP contribution is 2.28. The van der Waals surface area contributed by atoms with Gasteiger partial charge in [-0.2, -0.15) is 5.26 Å². The Balaban J connectivity index is 3.32. The Kier molecular flexibility index (Phi) is 3.90. The van der Waals surface area contributed by atoms with Gasteiger partial charge in [0.15, 0.2) is 0 Å². The Morgan fingerprint density at radius 3 is 2.69 bits per heavy atom. The summed E-state index contributed by atoms with van der Waals surface area (Å²) in [6.45, 7) is 1.91. The average Bonchev–Trinajstić information content (AvgIpc) is 2.27. The zero-order valence-corrected chi connectivity index (χ0v) is 9.28. The molecule has 16 heavy (non-hydrogen) atoms. The van der Waals surface area contributed by atoms with E-state index in [0.29, 0.717) is 23.3 Å². The Labute approximate surface area is 94.1 Å². The van der Waals surface area contributed by atoms with Gasteiger partial charge in [0.1, 0.15) is 5.75 Å². The highest BCUT2D eigenvalue weighted by Gasteiger charge is 2.14. The van der Waals surface area contributed by atoms with E-state index < -0.39 is 5.97 Å². The molecule has 84 valence electrons. The third kappa shape index (κ3) is 2.31. The van der Waals surface area contributed by atoms with Gasteiger partial charge in [0.2, 0.25) is 0 Å². The Morgan fingerprint density at radius 2 is 2.25 bits per heavy atom. The lowest BCUT2D eigenvalue weighted by Crippen LogP contribution is -2.05. The van der Waals surface area contributed by atoms with Gasteiger partial charge in [-0.15, -0.1) is 0 Å². The number of aliphatic carboxylic acids is 1. The summed E-state index contributed by atoms with van der Waals surface area (Å²) < 4.78 is 5.20. The number of nitriles is 1. The van der Waals surface area contributed by atoms with Crippen LogP contribution in [0.3, 0.4) is 0 Å². The molecule has 0 amide bonds. The lowest BCUT2D eigenvalue weighted by Gasteiger charge is -2.12. The molecule has 4 heteroatoms. The van der Waals surface area contributed by atoms with Gasteiger partial charge in [0.05, 0.1) is 25.2 Å². The molecule has 0 fully saturated rings. The second kappa shape index (κ2) is 5.17. The van der Waals surface area contributed by atoms with Crippen molar-refractivity contribution in [3.8, 4) is 11.8 Å². The fourth-order valence-electron chi connectivity index (χ4n) is 1.69. The number of hydrogen-bond donors (Lipinski definition) is 1. The summed E-state index contributed by atoms with van der Waals surface area (Å²) in [5.41, 5.74) is 1.91. The monoisotopic (exact) mass is 219 g/mol. The van der Waals surface area contributed by atoms with Crippen molar-refractivity contribution < 1.29 is 14.6 Å². The quantitative estimate of drug-likeness (QED) is 0.837. The van der Waals surface area contributed by atoms with Crippen molar-refractivity contribution in [3.63, 3.8) is 0 Å².